The Labute approximate surface area is 314 Å². The van der Waals surface area contributed by atoms with Crippen molar-refractivity contribution >= 4 is 17.9 Å². The highest BCUT2D eigenvalue weighted by atomic mass is 16.7. The number of aliphatic hydroxyl groups excluding tert-OH is 3. The monoisotopic (exact) mass is 745 g/mol. The van der Waals surface area contributed by atoms with Crippen molar-refractivity contribution in [2.75, 3.05) is 13.2 Å². The molecule has 0 aromatic carbocycles. The Hall–Kier alpha value is -1.79. The number of ether oxygens (including phenoxy) is 4. The van der Waals surface area contributed by atoms with Crippen molar-refractivity contribution in [3.05, 3.63) is 0 Å². The minimum atomic E-state index is -1.85. The van der Waals surface area contributed by atoms with E-state index < -0.39 is 54.7 Å². The van der Waals surface area contributed by atoms with Crippen LogP contribution in [0.5, 0.6) is 0 Å². The summed E-state index contributed by atoms with van der Waals surface area (Å²) in [6.07, 6.45) is 21.7. The van der Waals surface area contributed by atoms with Crippen LogP contribution in [0.2, 0.25) is 0 Å². The number of rotatable bonds is 35. The van der Waals surface area contributed by atoms with Gasteiger partial charge in [0, 0.05) is 12.8 Å². The van der Waals surface area contributed by atoms with Gasteiger partial charge >= 0.3 is 17.9 Å². The van der Waals surface area contributed by atoms with E-state index in [1.165, 1.54) is 116 Å². The molecule has 306 valence electrons. The molecule has 1 heterocycles. The molecule has 1 aliphatic rings. The van der Waals surface area contributed by atoms with E-state index in [1.807, 2.05) is 0 Å². The van der Waals surface area contributed by atoms with Crippen LogP contribution in [-0.2, 0) is 33.3 Å². The fourth-order valence-electron chi connectivity index (χ4n) is 6.59. The van der Waals surface area contributed by atoms with Crippen molar-refractivity contribution < 1.29 is 53.8 Å². The molecule has 0 saturated carbocycles. The molecule has 52 heavy (non-hydrogen) atoms. The van der Waals surface area contributed by atoms with Gasteiger partial charge in [0.1, 0.15) is 24.9 Å². The number of hydrogen-bond donors (Lipinski definition) is 4. The standard InChI is InChI=1S/C41H76O11/c1-3-5-7-9-11-13-15-16-17-18-19-20-22-23-25-27-29-34(42)49-31-33(32-50-41-38(46)36(44)37(45)39(52-41)40(47)48)51-35(43)30-28-26-24-21-14-12-10-8-6-4-2/h33,36-39,41,44-46H,3-32H2,1-2H3,(H,47,48). The lowest BCUT2D eigenvalue weighted by atomic mass is 9.99. The highest BCUT2D eigenvalue weighted by Crippen LogP contribution is 2.23. The van der Waals surface area contributed by atoms with E-state index in [0.717, 1.165) is 38.5 Å². The van der Waals surface area contributed by atoms with Gasteiger partial charge in [-0.05, 0) is 12.8 Å². The summed E-state index contributed by atoms with van der Waals surface area (Å²) < 4.78 is 21.7. The van der Waals surface area contributed by atoms with E-state index in [0.29, 0.717) is 12.8 Å². The number of carboxylic acids is 1. The van der Waals surface area contributed by atoms with Gasteiger partial charge in [0.25, 0.3) is 0 Å². The zero-order chi connectivity index (χ0) is 38.2. The second-order valence-corrected chi connectivity index (χ2v) is 14.8. The van der Waals surface area contributed by atoms with Crippen molar-refractivity contribution in [3.63, 3.8) is 0 Å². The van der Waals surface area contributed by atoms with Crippen LogP contribution in [0.1, 0.15) is 194 Å². The Bertz CT molecular complexity index is 885. The van der Waals surface area contributed by atoms with Crippen molar-refractivity contribution in [2.45, 2.75) is 230 Å². The van der Waals surface area contributed by atoms with Crippen molar-refractivity contribution in [3.8, 4) is 0 Å². The number of aliphatic hydroxyl groups is 3. The largest absolute Gasteiger partial charge is 0.479 e. The van der Waals surface area contributed by atoms with E-state index >= 15 is 0 Å². The summed E-state index contributed by atoms with van der Waals surface area (Å²) >= 11 is 0. The Morgan fingerprint density at radius 2 is 0.904 bits per heavy atom. The second kappa shape index (κ2) is 32.6. The van der Waals surface area contributed by atoms with Gasteiger partial charge in [-0.15, -0.1) is 0 Å². The van der Waals surface area contributed by atoms with Gasteiger partial charge in [0.05, 0.1) is 6.61 Å². The zero-order valence-electron chi connectivity index (χ0n) is 32.8. The molecule has 11 heteroatoms. The van der Waals surface area contributed by atoms with Gasteiger partial charge < -0.3 is 39.4 Å². The molecule has 0 bridgehead atoms. The van der Waals surface area contributed by atoms with Crippen molar-refractivity contribution in [1.82, 2.24) is 0 Å². The van der Waals surface area contributed by atoms with Crippen LogP contribution in [0, 0.1) is 0 Å². The second-order valence-electron chi connectivity index (χ2n) is 14.8. The van der Waals surface area contributed by atoms with E-state index in [2.05, 4.69) is 13.8 Å². The average Bonchev–Trinajstić information content (AvgIpc) is 3.12. The normalized spacial score (nSPS) is 20.8. The number of aliphatic carboxylic acids is 1. The number of carbonyl (C=O) groups excluding carboxylic acids is 2. The Balaban J connectivity index is 2.36. The summed E-state index contributed by atoms with van der Waals surface area (Å²) in [6, 6.07) is 0. The highest BCUT2D eigenvalue weighted by molar-refractivity contribution is 5.73. The van der Waals surface area contributed by atoms with Crippen LogP contribution in [-0.4, -0.2) is 88.4 Å². The van der Waals surface area contributed by atoms with Gasteiger partial charge in [0.15, 0.2) is 18.5 Å². The quantitative estimate of drug-likeness (QED) is 0.0364. The van der Waals surface area contributed by atoms with Gasteiger partial charge in [-0.1, -0.05) is 168 Å². The first kappa shape index (κ1) is 48.2. The first-order valence-corrected chi connectivity index (χ1v) is 21.1. The zero-order valence-corrected chi connectivity index (χ0v) is 32.8. The van der Waals surface area contributed by atoms with E-state index in [9.17, 15) is 34.8 Å². The van der Waals surface area contributed by atoms with Crippen LogP contribution in [0.3, 0.4) is 0 Å². The molecule has 11 nitrogen and oxygen atoms in total. The molecule has 6 atom stereocenters. The molecule has 1 aliphatic heterocycles. The first-order chi connectivity index (χ1) is 25.2. The fraction of sp³-hybridized carbons (Fsp3) is 0.927. The van der Waals surface area contributed by atoms with E-state index in [1.54, 1.807) is 0 Å². The van der Waals surface area contributed by atoms with Crippen LogP contribution in [0.15, 0.2) is 0 Å². The Morgan fingerprint density at radius 3 is 1.31 bits per heavy atom. The highest BCUT2D eigenvalue weighted by Gasteiger charge is 2.47. The Kier molecular flexibility index (Phi) is 30.3. The molecule has 1 saturated heterocycles. The SMILES string of the molecule is CCCCCCCCCCCCCCCCCCC(=O)OCC(COC1OC(C(=O)O)C(O)C(O)C1O)OC(=O)CCCCCCCCCCCC. The molecule has 0 amide bonds. The third kappa shape index (κ3) is 24.5. The molecule has 0 spiro atoms. The molecule has 0 aromatic rings. The average molecular weight is 745 g/mol. The number of carbonyl (C=O) groups is 3. The minimum absolute atomic E-state index is 0.189. The van der Waals surface area contributed by atoms with Crippen molar-refractivity contribution in [1.29, 1.82) is 0 Å². The van der Waals surface area contributed by atoms with Crippen LogP contribution in [0.25, 0.3) is 0 Å². The van der Waals surface area contributed by atoms with Crippen molar-refractivity contribution in [2.24, 2.45) is 0 Å². The molecule has 0 radical (unpaired) electrons. The molecular weight excluding hydrogens is 668 g/mol. The van der Waals surface area contributed by atoms with Crippen LogP contribution in [0.4, 0.5) is 0 Å². The lowest BCUT2D eigenvalue weighted by molar-refractivity contribution is -0.298. The maximum atomic E-state index is 12.7. The molecule has 1 rings (SSSR count). The molecule has 1 fully saturated rings. The van der Waals surface area contributed by atoms with E-state index in [-0.39, 0.29) is 26.1 Å². The summed E-state index contributed by atoms with van der Waals surface area (Å²) in [5, 5.41) is 39.7. The molecule has 0 aromatic heterocycles. The number of hydrogen-bond acceptors (Lipinski definition) is 10. The maximum Gasteiger partial charge on any atom is 0.335 e. The number of unbranched alkanes of at least 4 members (excludes halogenated alkanes) is 24. The van der Waals surface area contributed by atoms with Gasteiger partial charge in [0.2, 0.25) is 0 Å². The van der Waals surface area contributed by atoms with Gasteiger partial charge in [-0.2, -0.15) is 0 Å². The van der Waals surface area contributed by atoms with Gasteiger partial charge in [-0.3, -0.25) is 9.59 Å². The van der Waals surface area contributed by atoms with Crippen LogP contribution < -0.4 is 0 Å². The maximum absolute atomic E-state index is 12.7. The summed E-state index contributed by atoms with van der Waals surface area (Å²) in [5.41, 5.74) is 0. The summed E-state index contributed by atoms with van der Waals surface area (Å²) in [4.78, 5) is 36.6. The minimum Gasteiger partial charge on any atom is -0.479 e. The van der Waals surface area contributed by atoms with E-state index in [4.69, 9.17) is 18.9 Å². The first-order valence-electron chi connectivity index (χ1n) is 21.1. The lowest BCUT2D eigenvalue weighted by Gasteiger charge is -2.38. The predicted octanol–water partition coefficient (Wildman–Crippen LogP) is 8.31. The molecule has 4 N–H and O–H groups in total. The summed E-state index contributed by atoms with van der Waals surface area (Å²) in [6.45, 7) is 3.80. The predicted molar refractivity (Wildman–Crippen MR) is 202 cm³/mol. The number of carboxylic acid groups (broad SMARTS) is 1. The topological polar surface area (TPSA) is 169 Å². The summed E-state index contributed by atoms with van der Waals surface area (Å²) in [7, 11) is 0. The molecule has 0 aliphatic carbocycles. The van der Waals surface area contributed by atoms with Gasteiger partial charge in [-0.25, -0.2) is 4.79 Å². The molecule has 6 unspecified atom stereocenters. The summed E-state index contributed by atoms with van der Waals surface area (Å²) in [5.74, 6) is -2.43. The van der Waals surface area contributed by atoms with Crippen LogP contribution >= 0.6 is 0 Å². The molecular formula is C41H76O11. The fourth-order valence-corrected chi connectivity index (χ4v) is 6.59. The lowest BCUT2D eigenvalue weighted by Crippen LogP contribution is -2.60. The Morgan fingerprint density at radius 1 is 0.519 bits per heavy atom. The smallest absolute Gasteiger partial charge is 0.335 e. The third-order valence-electron chi connectivity index (χ3n) is 9.96. The number of esters is 2. The third-order valence-corrected chi connectivity index (χ3v) is 9.96.